The molecule has 24 heavy (non-hydrogen) atoms. The van der Waals surface area contributed by atoms with Crippen molar-refractivity contribution in [3.63, 3.8) is 0 Å². The van der Waals surface area contributed by atoms with E-state index in [1.54, 1.807) is 24.3 Å². The van der Waals surface area contributed by atoms with Crippen LogP contribution in [0.25, 0.3) is 11.5 Å². The minimum Gasteiger partial charge on any atom is -0.466 e. The Balaban J connectivity index is 2.28. The van der Waals surface area contributed by atoms with Crippen LogP contribution in [0, 0.1) is 0 Å². The lowest BCUT2D eigenvalue weighted by atomic mass is 10.2. The van der Waals surface area contributed by atoms with Crippen molar-refractivity contribution in [2.45, 2.75) is 13.3 Å². The molecule has 0 fully saturated rings. The highest BCUT2D eigenvalue weighted by molar-refractivity contribution is 5.98. The lowest BCUT2D eigenvalue weighted by Gasteiger charge is -2.09. The second-order valence-corrected chi connectivity index (χ2v) is 4.63. The highest BCUT2D eigenvalue weighted by atomic mass is 16.5. The molecule has 0 bridgehead atoms. The van der Waals surface area contributed by atoms with E-state index in [1.807, 2.05) is 6.92 Å². The zero-order valence-corrected chi connectivity index (χ0v) is 13.5. The van der Waals surface area contributed by atoms with Crippen LogP contribution in [0.2, 0.25) is 0 Å². The van der Waals surface area contributed by atoms with Gasteiger partial charge in [-0.2, -0.15) is 0 Å². The fourth-order valence-corrected chi connectivity index (χ4v) is 1.83. The van der Waals surface area contributed by atoms with E-state index in [0.29, 0.717) is 29.5 Å². The Hall–Kier alpha value is -3.16. The topological polar surface area (TPSA) is 104 Å². The summed E-state index contributed by atoms with van der Waals surface area (Å²) in [6.45, 7) is 1.91. The lowest BCUT2D eigenvalue weighted by Crippen LogP contribution is -2.15. The fourth-order valence-electron chi connectivity index (χ4n) is 1.83. The first kappa shape index (κ1) is 17.2. The number of hydrogen-bond acceptors (Lipinski definition) is 8. The number of benzene rings is 1. The first-order chi connectivity index (χ1) is 11.6. The van der Waals surface area contributed by atoms with Gasteiger partial charge in [0, 0.05) is 17.7 Å². The van der Waals surface area contributed by atoms with Crippen LogP contribution in [0.15, 0.2) is 40.5 Å². The molecule has 2 aromatic rings. The molecule has 2 rings (SSSR count). The van der Waals surface area contributed by atoms with Gasteiger partial charge in [0.25, 0.3) is 0 Å². The summed E-state index contributed by atoms with van der Waals surface area (Å²) in [5.74, 6) is -0.475. The van der Waals surface area contributed by atoms with E-state index in [0.717, 1.165) is 6.08 Å². The number of ether oxygens (including phenoxy) is 2. The number of aromatic nitrogens is 2. The molecule has 0 aliphatic heterocycles. The summed E-state index contributed by atoms with van der Waals surface area (Å²) in [4.78, 5) is 23.1. The first-order valence-corrected chi connectivity index (χ1v) is 7.15. The van der Waals surface area contributed by atoms with Crippen molar-refractivity contribution in [2.24, 2.45) is 0 Å². The van der Waals surface area contributed by atoms with Crippen molar-refractivity contribution in [2.75, 3.05) is 19.5 Å². The van der Waals surface area contributed by atoms with Crippen molar-refractivity contribution in [1.82, 2.24) is 10.2 Å². The Kier molecular flexibility index (Phi) is 5.67. The molecule has 0 radical (unpaired) electrons. The van der Waals surface area contributed by atoms with Crippen molar-refractivity contribution < 1.29 is 23.5 Å². The summed E-state index contributed by atoms with van der Waals surface area (Å²) >= 11 is 0. The zero-order valence-electron chi connectivity index (χ0n) is 13.5. The Morgan fingerprint density at radius 2 is 2.04 bits per heavy atom. The number of anilines is 1. The molecule has 1 heterocycles. The highest BCUT2D eigenvalue weighted by Crippen LogP contribution is 2.22. The van der Waals surface area contributed by atoms with Crippen LogP contribution in [0.3, 0.4) is 0 Å². The van der Waals surface area contributed by atoms with Crippen molar-refractivity contribution in [3.8, 4) is 11.5 Å². The molecular weight excluding hydrogens is 314 g/mol. The normalized spacial score (nSPS) is 11.0. The number of carbonyl (C=O) groups is 2. The van der Waals surface area contributed by atoms with E-state index in [1.165, 1.54) is 14.2 Å². The third-order valence-electron chi connectivity index (χ3n) is 3.03. The molecule has 8 nitrogen and oxygen atoms in total. The average molecular weight is 331 g/mol. The largest absolute Gasteiger partial charge is 0.466 e. The third-order valence-corrected chi connectivity index (χ3v) is 3.03. The third kappa shape index (κ3) is 4.19. The Morgan fingerprint density at radius 1 is 1.25 bits per heavy atom. The van der Waals surface area contributed by atoms with Gasteiger partial charge in [-0.05, 0) is 18.2 Å². The smallest absolute Gasteiger partial charge is 0.354 e. The van der Waals surface area contributed by atoms with Gasteiger partial charge in [-0.3, -0.25) is 0 Å². The van der Waals surface area contributed by atoms with E-state index < -0.39 is 11.9 Å². The maximum Gasteiger partial charge on any atom is 0.354 e. The maximum atomic E-state index is 11.8. The van der Waals surface area contributed by atoms with E-state index >= 15 is 0 Å². The molecule has 0 unspecified atom stereocenters. The van der Waals surface area contributed by atoms with Gasteiger partial charge in [0.15, 0.2) is 0 Å². The summed E-state index contributed by atoms with van der Waals surface area (Å²) in [6, 6.07) is 6.97. The summed E-state index contributed by atoms with van der Waals surface area (Å²) in [7, 11) is 2.44. The Labute approximate surface area is 138 Å². The van der Waals surface area contributed by atoms with Crippen molar-refractivity contribution in [3.05, 3.63) is 41.9 Å². The number of aryl methyl sites for hydroxylation is 1. The Bertz CT molecular complexity index is 767. The lowest BCUT2D eigenvalue weighted by molar-refractivity contribution is -0.138. The molecule has 0 saturated heterocycles. The van der Waals surface area contributed by atoms with Gasteiger partial charge in [0.2, 0.25) is 11.8 Å². The number of nitrogens with zero attached hydrogens (tertiary/aromatic N) is 2. The molecule has 0 aliphatic carbocycles. The molecule has 0 spiro atoms. The number of esters is 2. The standard InChI is InChI=1S/C16H17N3O5/c1-4-13-18-19-15(24-13)10-6-5-7-11(8-10)17-12(16(21)23-3)9-14(20)22-2/h5-9,17H,4H2,1-3H3/b12-9+. The monoisotopic (exact) mass is 331 g/mol. The molecule has 1 aromatic heterocycles. The summed E-state index contributed by atoms with van der Waals surface area (Å²) < 4.78 is 14.7. The maximum absolute atomic E-state index is 11.8. The Morgan fingerprint density at radius 3 is 2.67 bits per heavy atom. The number of rotatable bonds is 6. The second-order valence-electron chi connectivity index (χ2n) is 4.63. The highest BCUT2D eigenvalue weighted by Gasteiger charge is 2.14. The average Bonchev–Trinajstić information content (AvgIpc) is 3.09. The summed E-state index contributed by atoms with van der Waals surface area (Å²) in [5, 5.41) is 10.7. The van der Waals surface area contributed by atoms with Crippen LogP contribution in [-0.2, 0) is 25.5 Å². The molecule has 0 saturated carbocycles. The molecule has 126 valence electrons. The van der Waals surface area contributed by atoms with Gasteiger partial charge in [0.05, 0.1) is 20.3 Å². The number of hydrogen-bond donors (Lipinski definition) is 1. The van der Waals surface area contributed by atoms with E-state index in [4.69, 9.17) is 4.42 Å². The molecule has 1 N–H and O–H groups in total. The predicted molar refractivity (Wildman–Crippen MR) is 84.8 cm³/mol. The molecule has 0 atom stereocenters. The number of nitrogens with one attached hydrogen (secondary N) is 1. The van der Waals surface area contributed by atoms with Gasteiger partial charge >= 0.3 is 11.9 Å². The molecule has 8 heteroatoms. The first-order valence-electron chi connectivity index (χ1n) is 7.15. The van der Waals surface area contributed by atoms with Gasteiger partial charge in [-0.1, -0.05) is 13.0 Å². The van der Waals surface area contributed by atoms with Crippen LogP contribution >= 0.6 is 0 Å². The van der Waals surface area contributed by atoms with Crippen LogP contribution in [0.5, 0.6) is 0 Å². The van der Waals surface area contributed by atoms with Crippen LogP contribution in [0.4, 0.5) is 5.69 Å². The van der Waals surface area contributed by atoms with E-state index in [9.17, 15) is 9.59 Å². The van der Waals surface area contributed by atoms with Crippen LogP contribution in [-0.4, -0.2) is 36.4 Å². The van der Waals surface area contributed by atoms with Crippen molar-refractivity contribution >= 4 is 17.6 Å². The summed E-state index contributed by atoms with van der Waals surface area (Å²) in [6.07, 6.45) is 1.65. The number of carbonyl (C=O) groups excluding carboxylic acids is 2. The van der Waals surface area contributed by atoms with Crippen LogP contribution < -0.4 is 5.32 Å². The minimum absolute atomic E-state index is 0.0544. The quantitative estimate of drug-likeness (QED) is 0.632. The fraction of sp³-hybridized carbons (Fsp3) is 0.250. The molecule has 1 aromatic carbocycles. The minimum atomic E-state index is -0.697. The van der Waals surface area contributed by atoms with Gasteiger partial charge in [0.1, 0.15) is 5.70 Å². The molecular formula is C16H17N3O5. The second kappa shape index (κ2) is 7.91. The SMILES string of the molecule is CCc1nnc(-c2cccc(N/C(=C/C(=O)OC)C(=O)OC)c2)o1. The van der Waals surface area contributed by atoms with Crippen molar-refractivity contribution in [1.29, 1.82) is 0 Å². The molecule has 0 aliphatic rings. The van der Waals surface area contributed by atoms with Gasteiger partial charge in [-0.15, -0.1) is 10.2 Å². The zero-order chi connectivity index (χ0) is 17.5. The summed E-state index contributed by atoms with van der Waals surface area (Å²) in [5.41, 5.74) is 1.17. The molecule has 0 amide bonds. The van der Waals surface area contributed by atoms with E-state index in [-0.39, 0.29) is 5.70 Å². The van der Waals surface area contributed by atoms with E-state index in [2.05, 4.69) is 25.0 Å². The predicted octanol–water partition coefficient (Wildman–Crippen LogP) is 1.94. The van der Waals surface area contributed by atoms with Crippen LogP contribution in [0.1, 0.15) is 12.8 Å². The number of methoxy groups -OCH3 is 2. The van der Waals surface area contributed by atoms with Gasteiger partial charge < -0.3 is 19.2 Å². The van der Waals surface area contributed by atoms with Gasteiger partial charge in [-0.25, -0.2) is 9.59 Å².